The summed E-state index contributed by atoms with van der Waals surface area (Å²) < 4.78 is 36.4. The summed E-state index contributed by atoms with van der Waals surface area (Å²) in [5.74, 6) is 1.07. The lowest BCUT2D eigenvalue weighted by molar-refractivity contribution is 0.310. The summed E-state index contributed by atoms with van der Waals surface area (Å²) in [5.41, 5.74) is 2.05. The van der Waals surface area contributed by atoms with Crippen molar-refractivity contribution in [3.05, 3.63) is 53.1 Å². The fraction of sp³-hybridized carbons (Fsp3) is 0.381. The monoisotopic (exact) mass is 404 g/mol. The van der Waals surface area contributed by atoms with Crippen LogP contribution in [0.3, 0.4) is 0 Å². The van der Waals surface area contributed by atoms with Crippen LogP contribution in [-0.4, -0.2) is 28.3 Å². The predicted octanol–water partition coefficient (Wildman–Crippen LogP) is 4.01. The van der Waals surface area contributed by atoms with Crippen LogP contribution in [0, 0.1) is 6.92 Å². The van der Waals surface area contributed by atoms with Crippen molar-refractivity contribution in [2.45, 2.75) is 44.9 Å². The standard InChI is InChI=1S/C21H28N2O4S/c1-7-27-18-10-8-9-16(20(18)26-6)14-22-23-28(24,25)19-13-17(21(3,4)5)12-11-15(19)2/h8-14,23H,7H2,1-6H3/b22-14+. The van der Waals surface area contributed by atoms with Gasteiger partial charge in [-0.05, 0) is 48.6 Å². The third-order valence-corrected chi connectivity index (χ3v) is 5.60. The molecule has 152 valence electrons. The third kappa shape index (κ3) is 5.04. The van der Waals surface area contributed by atoms with Crippen molar-refractivity contribution < 1.29 is 17.9 Å². The van der Waals surface area contributed by atoms with E-state index in [1.54, 1.807) is 31.2 Å². The number of ether oxygens (including phenoxy) is 2. The molecule has 2 rings (SSSR count). The van der Waals surface area contributed by atoms with Crippen LogP contribution in [0.5, 0.6) is 11.5 Å². The fourth-order valence-electron chi connectivity index (χ4n) is 2.69. The number of aryl methyl sites for hydroxylation is 1. The number of sulfonamides is 1. The highest BCUT2D eigenvalue weighted by Gasteiger charge is 2.21. The summed E-state index contributed by atoms with van der Waals surface area (Å²) >= 11 is 0. The van der Waals surface area contributed by atoms with Crippen LogP contribution in [0.15, 0.2) is 46.4 Å². The minimum absolute atomic E-state index is 0.158. The van der Waals surface area contributed by atoms with Crippen LogP contribution in [0.4, 0.5) is 0 Å². The van der Waals surface area contributed by atoms with Crippen molar-refractivity contribution in [1.29, 1.82) is 0 Å². The van der Waals surface area contributed by atoms with Crippen molar-refractivity contribution >= 4 is 16.2 Å². The molecule has 0 unspecified atom stereocenters. The lowest BCUT2D eigenvalue weighted by Crippen LogP contribution is -2.21. The second-order valence-electron chi connectivity index (χ2n) is 7.39. The number of methoxy groups -OCH3 is 1. The van der Waals surface area contributed by atoms with E-state index >= 15 is 0 Å². The lowest BCUT2D eigenvalue weighted by Gasteiger charge is -2.20. The minimum Gasteiger partial charge on any atom is -0.492 e. The summed E-state index contributed by atoms with van der Waals surface area (Å²) in [6, 6.07) is 10.8. The lowest BCUT2D eigenvalue weighted by atomic mass is 9.87. The maximum atomic E-state index is 12.8. The largest absolute Gasteiger partial charge is 0.492 e. The SMILES string of the molecule is CCOc1cccc(/C=N/NS(=O)(=O)c2cc(C(C)(C)C)ccc2C)c1OC. The van der Waals surface area contributed by atoms with Crippen LogP contribution in [-0.2, 0) is 15.4 Å². The molecule has 28 heavy (non-hydrogen) atoms. The molecule has 0 aromatic heterocycles. The zero-order valence-electron chi connectivity index (χ0n) is 17.2. The first kappa shape index (κ1) is 21.8. The first-order chi connectivity index (χ1) is 13.1. The molecule has 0 aliphatic rings. The molecule has 0 spiro atoms. The van der Waals surface area contributed by atoms with E-state index in [4.69, 9.17) is 9.47 Å². The molecule has 0 bridgehead atoms. The van der Waals surface area contributed by atoms with Crippen LogP contribution in [0.2, 0.25) is 0 Å². The van der Waals surface area contributed by atoms with Crippen LogP contribution < -0.4 is 14.3 Å². The molecule has 1 N–H and O–H groups in total. The Balaban J connectivity index is 2.31. The van der Waals surface area contributed by atoms with Gasteiger partial charge in [-0.1, -0.05) is 39.0 Å². The van der Waals surface area contributed by atoms with Crippen molar-refractivity contribution in [2.24, 2.45) is 5.10 Å². The first-order valence-corrected chi connectivity index (χ1v) is 10.5. The van der Waals surface area contributed by atoms with Gasteiger partial charge in [0.05, 0.1) is 24.8 Å². The van der Waals surface area contributed by atoms with Gasteiger partial charge in [0.2, 0.25) is 0 Å². The van der Waals surface area contributed by atoms with Gasteiger partial charge < -0.3 is 9.47 Å². The number of benzene rings is 2. The molecule has 0 saturated heterocycles. The molecule has 2 aromatic rings. The quantitative estimate of drug-likeness (QED) is 0.559. The molecule has 0 fully saturated rings. The minimum atomic E-state index is -3.80. The number of rotatable bonds is 7. The zero-order chi connectivity index (χ0) is 20.9. The Morgan fingerprint density at radius 1 is 1.18 bits per heavy atom. The van der Waals surface area contributed by atoms with Gasteiger partial charge >= 0.3 is 0 Å². The van der Waals surface area contributed by atoms with Crippen LogP contribution in [0.1, 0.15) is 44.4 Å². The molecule has 7 heteroatoms. The topological polar surface area (TPSA) is 77.0 Å². The zero-order valence-corrected chi connectivity index (χ0v) is 18.1. The Labute approximate surface area is 167 Å². The van der Waals surface area contributed by atoms with E-state index in [9.17, 15) is 8.42 Å². The van der Waals surface area contributed by atoms with Gasteiger partial charge in [0.1, 0.15) is 0 Å². The molecule has 0 saturated carbocycles. The molecule has 0 aliphatic carbocycles. The van der Waals surface area contributed by atoms with Gasteiger partial charge in [0.15, 0.2) is 11.5 Å². The molecule has 6 nitrogen and oxygen atoms in total. The van der Waals surface area contributed by atoms with E-state index in [1.165, 1.54) is 13.3 Å². The van der Waals surface area contributed by atoms with Crippen LogP contribution in [0.25, 0.3) is 0 Å². The summed E-state index contributed by atoms with van der Waals surface area (Å²) in [5, 5.41) is 3.93. The highest BCUT2D eigenvalue weighted by atomic mass is 32.2. The van der Waals surface area contributed by atoms with Crippen molar-refractivity contribution in [1.82, 2.24) is 4.83 Å². The number of para-hydroxylation sites is 1. The van der Waals surface area contributed by atoms with E-state index < -0.39 is 10.0 Å². The average Bonchev–Trinajstić information content (AvgIpc) is 2.61. The molecular formula is C21H28N2O4S. The number of nitrogens with zero attached hydrogens (tertiary/aromatic N) is 1. The van der Waals surface area contributed by atoms with E-state index in [0.717, 1.165) is 5.56 Å². The Morgan fingerprint density at radius 3 is 2.50 bits per heavy atom. The molecule has 0 atom stereocenters. The van der Waals surface area contributed by atoms with Crippen molar-refractivity contribution in [3.63, 3.8) is 0 Å². The smallest absolute Gasteiger partial charge is 0.276 e. The van der Waals surface area contributed by atoms with Gasteiger partial charge in [-0.15, -0.1) is 0 Å². The van der Waals surface area contributed by atoms with Gasteiger partial charge in [-0.3, -0.25) is 0 Å². The average molecular weight is 405 g/mol. The molecular weight excluding hydrogens is 376 g/mol. The normalized spacial score (nSPS) is 12.2. The van der Waals surface area contributed by atoms with E-state index in [2.05, 4.69) is 9.93 Å². The third-order valence-electron chi connectivity index (χ3n) is 4.23. The highest BCUT2D eigenvalue weighted by molar-refractivity contribution is 7.89. The second kappa shape index (κ2) is 8.65. The highest BCUT2D eigenvalue weighted by Crippen LogP contribution is 2.30. The van der Waals surface area contributed by atoms with Gasteiger partial charge in [-0.25, -0.2) is 4.83 Å². The van der Waals surface area contributed by atoms with Gasteiger partial charge in [0, 0.05) is 5.56 Å². The molecule has 0 aliphatic heterocycles. The predicted molar refractivity (Wildman–Crippen MR) is 112 cm³/mol. The number of hydrogen-bond acceptors (Lipinski definition) is 5. The maximum Gasteiger partial charge on any atom is 0.276 e. The second-order valence-corrected chi connectivity index (χ2v) is 9.02. The molecule has 0 radical (unpaired) electrons. The fourth-order valence-corrected chi connectivity index (χ4v) is 3.76. The Bertz CT molecular complexity index is 961. The number of nitrogens with one attached hydrogen (secondary N) is 1. The summed E-state index contributed by atoms with van der Waals surface area (Å²) in [7, 11) is -2.28. The van der Waals surface area contributed by atoms with E-state index in [-0.39, 0.29) is 10.3 Å². The Hall–Kier alpha value is -2.54. The van der Waals surface area contributed by atoms with Crippen molar-refractivity contribution in [2.75, 3.05) is 13.7 Å². The van der Waals surface area contributed by atoms with E-state index in [0.29, 0.717) is 29.2 Å². The van der Waals surface area contributed by atoms with Crippen molar-refractivity contribution in [3.8, 4) is 11.5 Å². The van der Waals surface area contributed by atoms with Gasteiger partial charge in [0.25, 0.3) is 10.0 Å². The Kier molecular flexibility index (Phi) is 6.72. The summed E-state index contributed by atoms with van der Waals surface area (Å²) in [6.07, 6.45) is 1.40. The molecule has 0 heterocycles. The summed E-state index contributed by atoms with van der Waals surface area (Å²) in [6.45, 7) is 10.3. The van der Waals surface area contributed by atoms with Crippen LogP contribution >= 0.6 is 0 Å². The number of hydrogen-bond donors (Lipinski definition) is 1. The molecule has 0 amide bonds. The maximum absolute atomic E-state index is 12.8. The number of hydrazone groups is 1. The summed E-state index contributed by atoms with van der Waals surface area (Å²) in [4.78, 5) is 2.51. The van der Waals surface area contributed by atoms with Gasteiger partial charge in [-0.2, -0.15) is 13.5 Å². The Morgan fingerprint density at radius 2 is 1.89 bits per heavy atom. The van der Waals surface area contributed by atoms with E-state index in [1.807, 2.05) is 39.8 Å². The first-order valence-electron chi connectivity index (χ1n) is 9.06. The molecule has 2 aromatic carbocycles.